The Labute approximate surface area is 129 Å². The van der Waals surface area contributed by atoms with Gasteiger partial charge in [0.15, 0.2) is 5.69 Å². The van der Waals surface area contributed by atoms with Gasteiger partial charge in [-0.2, -0.15) is 0 Å². The third-order valence-electron chi connectivity index (χ3n) is 3.45. The van der Waals surface area contributed by atoms with Gasteiger partial charge in [-0.25, -0.2) is 14.3 Å². The molecule has 1 atom stereocenters. The van der Waals surface area contributed by atoms with Crippen LogP contribution in [0.25, 0.3) is 0 Å². The average molecular weight is 310 g/mol. The molecule has 1 saturated heterocycles. The fourth-order valence-corrected chi connectivity index (χ4v) is 2.57. The summed E-state index contributed by atoms with van der Waals surface area (Å²) < 4.78 is 11.7. The lowest BCUT2D eigenvalue weighted by molar-refractivity contribution is 0.0216. The predicted octanol–water partition coefficient (Wildman–Crippen LogP) is 1.67. The number of esters is 1. The van der Waals surface area contributed by atoms with E-state index in [-0.39, 0.29) is 11.7 Å². The van der Waals surface area contributed by atoms with Crippen LogP contribution >= 0.6 is 0 Å². The zero-order valence-corrected chi connectivity index (χ0v) is 13.6. The molecule has 1 unspecified atom stereocenters. The molecule has 1 aromatic heterocycles. The van der Waals surface area contributed by atoms with Gasteiger partial charge in [0.1, 0.15) is 5.60 Å². The molecule has 8 heteroatoms. The molecule has 0 aliphatic carbocycles. The number of likely N-dealkylation sites (tertiary alicyclic amines) is 1. The normalized spacial score (nSPS) is 18.4. The highest BCUT2D eigenvalue weighted by atomic mass is 16.6. The molecule has 0 spiro atoms. The number of hydrogen-bond donors (Lipinski definition) is 0. The summed E-state index contributed by atoms with van der Waals surface area (Å²) in [6, 6.07) is -0.288. The summed E-state index contributed by atoms with van der Waals surface area (Å²) in [5, 5.41) is 7.74. The lowest BCUT2D eigenvalue weighted by atomic mass is 10.1. The highest BCUT2D eigenvalue weighted by molar-refractivity contribution is 5.88. The second kappa shape index (κ2) is 5.94. The van der Waals surface area contributed by atoms with E-state index in [4.69, 9.17) is 9.47 Å². The highest BCUT2D eigenvalue weighted by Gasteiger charge is 2.38. The lowest BCUT2D eigenvalue weighted by Crippen LogP contribution is -2.37. The van der Waals surface area contributed by atoms with Crippen molar-refractivity contribution in [2.75, 3.05) is 13.7 Å². The molecule has 1 aliphatic rings. The molecule has 1 aromatic rings. The number of amides is 1. The Morgan fingerprint density at radius 1 is 1.32 bits per heavy atom. The molecule has 1 amide bonds. The first kappa shape index (κ1) is 16.3. The second-order valence-corrected chi connectivity index (χ2v) is 6.27. The van der Waals surface area contributed by atoms with E-state index in [1.54, 1.807) is 11.9 Å². The predicted molar refractivity (Wildman–Crippen MR) is 77.3 cm³/mol. The molecule has 1 fully saturated rings. The molecule has 0 bridgehead atoms. The van der Waals surface area contributed by atoms with Crippen molar-refractivity contribution >= 4 is 12.1 Å². The first-order chi connectivity index (χ1) is 10.2. The first-order valence-electron chi connectivity index (χ1n) is 7.22. The first-order valence-corrected chi connectivity index (χ1v) is 7.22. The summed E-state index contributed by atoms with van der Waals surface area (Å²) >= 11 is 0. The molecular formula is C14H22N4O4. The maximum atomic E-state index is 12.4. The summed E-state index contributed by atoms with van der Waals surface area (Å²) in [5.74, 6) is -0.556. The smallest absolute Gasteiger partial charge is 0.410 e. The third-order valence-corrected chi connectivity index (χ3v) is 3.45. The molecule has 122 valence electrons. The van der Waals surface area contributed by atoms with Crippen molar-refractivity contribution in [3.8, 4) is 0 Å². The molecule has 8 nitrogen and oxygen atoms in total. The van der Waals surface area contributed by atoms with E-state index in [2.05, 4.69) is 10.3 Å². The quantitative estimate of drug-likeness (QED) is 0.772. The van der Waals surface area contributed by atoms with Gasteiger partial charge in [-0.1, -0.05) is 5.21 Å². The zero-order valence-electron chi connectivity index (χ0n) is 13.6. The maximum Gasteiger partial charge on any atom is 0.410 e. The Bertz CT molecular complexity index is 576. The highest BCUT2D eigenvalue weighted by Crippen LogP contribution is 2.34. The number of rotatable bonds is 2. The maximum absolute atomic E-state index is 12.4. The fourth-order valence-electron chi connectivity index (χ4n) is 2.57. The molecule has 0 aromatic carbocycles. The molecule has 0 N–H and O–H groups in total. The van der Waals surface area contributed by atoms with Crippen LogP contribution in [0.4, 0.5) is 4.79 Å². The van der Waals surface area contributed by atoms with Gasteiger partial charge >= 0.3 is 12.1 Å². The van der Waals surface area contributed by atoms with Crippen LogP contribution in [-0.4, -0.2) is 51.2 Å². The Hall–Kier alpha value is -2.12. The molecular weight excluding hydrogens is 288 g/mol. The molecule has 22 heavy (non-hydrogen) atoms. The van der Waals surface area contributed by atoms with Crippen LogP contribution in [0.3, 0.4) is 0 Å². The summed E-state index contributed by atoms with van der Waals surface area (Å²) in [5.41, 5.74) is 0.154. The van der Waals surface area contributed by atoms with Crippen LogP contribution in [0.5, 0.6) is 0 Å². The number of carbonyl (C=O) groups is 2. The van der Waals surface area contributed by atoms with Gasteiger partial charge in [-0.15, -0.1) is 5.10 Å². The molecule has 2 rings (SSSR count). The molecule has 2 heterocycles. The number of hydrogen-bond acceptors (Lipinski definition) is 6. The van der Waals surface area contributed by atoms with Crippen molar-refractivity contribution in [2.45, 2.75) is 45.3 Å². The number of ether oxygens (including phenoxy) is 2. The minimum Gasteiger partial charge on any atom is -0.464 e. The lowest BCUT2D eigenvalue weighted by Gasteiger charge is -2.28. The van der Waals surface area contributed by atoms with E-state index in [1.807, 2.05) is 20.8 Å². The van der Waals surface area contributed by atoms with E-state index in [0.717, 1.165) is 12.8 Å². The standard InChI is InChI=1S/C14H22N4O4/c1-14(2,3)22-13(20)18-8-6-7-9(18)11-10(12(19)21-5)15-16-17(11)4/h9H,6-8H2,1-5H3. The van der Waals surface area contributed by atoms with Gasteiger partial charge < -0.3 is 9.47 Å². The van der Waals surface area contributed by atoms with E-state index in [0.29, 0.717) is 12.2 Å². The Morgan fingerprint density at radius 3 is 2.59 bits per heavy atom. The van der Waals surface area contributed by atoms with Crippen LogP contribution in [0, 0.1) is 0 Å². The van der Waals surface area contributed by atoms with Crippen molar-refractivity contribution < 1.29 is 19.1 Å². The Balaban J connectivity index is 2.30. The van der Waals surface area contributed by atoms with Crippen molar-refractivity contribution in [3.63, 3.8) is 0 Å². The largest absolute Gasteiger partial charge is 0.464 e. The Kier molecular flexibility index (Phi) is 4.39. The van der Waals surface area contributed by atoms with Gasteiger partial charge in [0.25, 0.3) is 0 Å². The van der Waals surface area contributed by atoms with Gasteiger partial charge in [0.2, 0.25) is 0 Å². The van der Waals surface area contributed by atoms with Gasteiger partial charge in [-0.3, -0.25) is 4.90 Å². The van der Waals surface area contributed by atoms with Gasteiger partial charge in [0, 0.05) is 13.6 Å². The number of methoxy groups -OCH3 is 1. The van der Waals surface area contributed by atoms with Crippen LogP contribution in [0.1, 0.15) is 55.8 Å². The summed E-state index contributed by atoms with van der Waals surface area (Å²) in [6.07, 6.45) is 1.16. The third kappa shape index (κ3) is 3.20. The fraction of sp³-hybridized carbons (Fsp3) is 0.714. The number of carbonyl (C=O) groups excluding carboxylic acids is 2. The summed E-state index contributed by atoms with van der Waals surface area (Å²) in [4.78, 5) is 25.8. The number of aryl methyl sites for hydroxylation is 1. The summed E-state index contributed by atoms with van der Waals surface area (Å²) in [6.45, 7) is 6.04. The van der Waals surface area contributed by atoms with Crippen molar-refractivity contribution in [1.29, 1.82) is 0 Å². The van der Waals surface area contributed by atoms with Crippen molar-refractivity contribution in [2.24, 2.45) is 7.05 Å². The topological polar surface area (TPSA) is 86.5 Å². The molecule has 1 aliphatic heterocycles. The molecule has 0 saturated carbocycles. The monoisotopic (exact) mass is 310 g/mol. The van der Waals surface area contributed by atoms with Crippen LogP contribution in [0.2, 0.25) is 0 Å². The molecule has 0 radical (unpaired) electrons. The zero-order chi connectivity index (χ0) is 16.5. The number of aromatic nitrogens is 3. The minimum absolute atomic E-state index is 0.144. The van der Waals surface area contributed by atoms with E-state index >= 15 is 0 Å². The van der Waals surface area contributed by atoms with Gasteiger partial charge in [-0.05, 0) is 33.6 Å². The van der Waals surface area contributed by atoms with Crippen LogP contribution < -0.4 is 0 Å². The van der Waals surface area contributed by atoms with Gasteiger partial charge in [0.05, 0.1) is 18.8 Å². The average Bonchev–Trinajstić information content (AvgIpc) is 3.01. The van der Waals surface area contributed by atoms with Crippen LogP contribution in [-0.2, 0) is 16.5 Å². The number of nitrogens with zero attached hydrogens (tertiary/aromatic N) is 4. The SMILES string of the molecule is COC(=O)c1nnn(C)c1C1CCCN1C(=O)OC(C)(C)C. The van der Waals surface area contributed by atoms with E-state index in [1.165, 1.54) is 11.8 Å². The van der Waals surface area contributed by atoms with Crippen molar-refractivity contribution in [3.05, 3.63) is 11.4 Å². The van der Waals surface area contributed by atoms with E-state index in [9.17, 15) is 9.59 Å². The second-order valence-electron chi connectivity index (χ2n) is 6.27. The minimum atomic E-state index is -0.569. The summed E-state index contributed by atoms with van der Waals surface area (Å²) in [7, 11) is 2.99. The van der Waals surface area contributed by atoms with E-state index < -0.39 is 17.7 Å². The van der Waals surface area contributed by atoms with Crippen LogP contribution in [0.15, 0.2) is 0 Å². The van der Waals surface area contributed by atoms with Crippen molar-refractivity contribution in [1.82, 2.24) is 19.9 Å². The Morgan fingerprint density at radius 2 is 2.00 bits per heavy atom.